The first-order valence-electron chi connectivity index (χ1n) is 9.32. The summed E-state index contributed by atoms with van der Waals surface area (Å²) < 4.78 is 0. The molecule has 0 radical (unpaired) electrons. The van der Waals surface area contributed by atoms with E-state index in [9.17, 15) is 14.7 Å². The minimum atomic E-state index is -0.810. The quantitative estimate of drug-likeness (QED) is 0.397. The number of aliphatic carboxylic acids is 1. The first kappa shape index (κ1) is 21.8. The van der Waals surface area contributed by atoms with Crippen molar-refractivity contribution in [1.82, 2.24) is 0 Å². The smallest absolute Gasteiger partial charge is 0.303 e. The van der Waals surface area contributed by atoms with Gasteiger partial charge in [-0.2, -0.15) is 0 Å². The third-order valence-corrected chi connectivity index (χ3v) is 4.10. The number of allylic oxidation sites excluding steroid dienone is 8. The number of hydrogen-bond donors (Lipinski definition) is 2. The first-order valence-corrected chi connectivity index (χ1v) is 9.32. The van der Waals surface area contributed by atoms with E-state index in [1.165, 1.54) is 0 Å². The molecule has 0 fully saturated rings. The predicted molar refractivity (Wildman–Crippen MR) is 105 cm³/mol. The van der Waals surface area contributed by atoms with Gasteiger partial charge in [0, 0.05) is 17.9 Å². The van der Waals surface area contributed by atoms with Gasteiger partial charge >= 0.3 is 5.97 Å². The van der Waals surface area contributed by atoms with Gasteiger partial charge < -0.3 is 10.2 Å². The van der Waals surface area contributed by atoms with Gasteiger partial charge in [-0.15, -0.1) is 0 Å². The van der Waals surface area contributed by atoms with E-state index in [4.69, 9.17) is 5.11 Å². The van der Waals surface area contributed by atoms with Crippen LogP contribution in [0.15, 0.2) is 60.3 Å². The zero-order chi connectivity index (χ0) is 19.2. The van der Waals surface area contributed by atoms with Crippen molar-refractivity contribution in [2.24, 2.45) is 5.92 Å². The van der Waals surface area contributed by atoms with Gasteiger partial charge in [-0.05, 0) is 44.6 Å². The normalized spacial score (nSPS) is 20.3. The largest absolute Gasteiger partial charge is 0.481 e. The third-order valence-electron chi connectivity index (χ3n) is 4.10. The fraction of sp³-hybridized carbons (Fsp3) is 0.455. The zero-order valence-electron chi connectivity index (χ0n) is 15.5. The van der Waals surface area contributed by atoms with Crippen molar-refractivity contribution in [3.8, 4) is 0 Å². The van der Waals surface area contributed by atoms with Gasteiger partial charge in [-0.3, -0.25) is 9.59 Å². The van der Waals surface area contributed by atoms with Crippen molar-refractivity contribution in [3.05, 3.63) is 60.3 Å². The van der Waals surface area contributed by atoms with E-state index in [2.05, 4.69) is 19.1 Å². The van der Waals surface area contributed by atoms with E-state index < -0.39 is 12.1 Å². The SMILES string of the molecule is CC/C=C\C/C=C\C[C@H](O)C/C=C1/C(=O)C=C[C@@H]1C/C=C\CCC(=O)O. The maximum Gasteiger partial charge on any atom is 0.303 e. The highest BCUT2D eigenvalue weighted by Gasteiger charge is 2.21. The summed E-state index contributed by atoms with van der Waals surface area (Å²) in [6, 6.07) is 0. The molecule has 2 atom stereocenters. The Balaban J connectivity index is 2.42. The Labute approximate surface area is 156 Å². The monoisotopic (exact) mass is 358 g/mol. The molecule has 0 bridgehead atoms. The van der Waals surface area contributed by atoms with Gasteiger partial charge in [-0.25, -0.2) is 0 Å². The molecule has 0 spiro atoms. The first-order chi connectivity index (χ1) is 12.5. The van der Waals surface area contributed by atoms with E-state index in [1.54, 1.807) is 6.08 Å². The molecule has 0 unspecified atom stereocenters. The lowest BCUT2D eigenvalue weighted by Gasteiger charge is -2.10. The molecular formula is C22H30O4. The van der Waals surface area contributed by atoms with Crippen LogP contribution in [0.4, 0.5) is 0 Å². The van der Waals surface area contributed by atoms with Crippen LogP contribution in [0.5, 0.6) is 0 Å². The fourth-order valence-corrected chi connectivity index (χ4v) is 2.66. The summed E-state index contributed by atoms with van der Waals surface area (Å²) >= 11 is 0. The van der Waals surface area contributed by atoms with Gasteiger partial charge in [0.25, 0.3) is 0 Å². The van der Waals surface area contributed by atoms with Gasteiger partial charge in [0.2, 0.25) is 0 Å². The molecule has 0 amide bonds. The van der Waals surface area contributed by atoms with Gasteiger partial charge in [0.15, 0.2) is 5.78 Å². The van der Waals surface area contributed by atoms with Crippen LogP contribution in [0.2, 0.25) is 0 Å². The minimum Gasteiger partial charge on any atom is -0.481 e. The number of rotatable bonds is 12. The molecule has 0 aromatic carbocycles. The lowest BCUT2D eigenvalue weighted by atomic mass is 9.96. The lowest BCUT2D eigenvalue weighted by molar-refractivity contribution is -0.136. The maximum absolute atomic E-state index is 12.0. The molecule has 0 heterocycles. The summed E-state index contributed by atoms with van der Waals surface area (Å²) in [5, 5.41) is 18.7. The Morgan fingerprint density at radius 1 is 1.15 bits per heavy atom. The second kappa shape index (κ2) is 13.1. The van der Waals surface area contributed by atoms with Crippen molar-refractivity contribution < 1.29 is 19.8 Å². The number of carboxylic acid groups (broad SMARTS) is 1. The van der Waals surface area contributed by atoms with Gasteiger partial charge in [0.05, 0.1) is 6.10 Å². The average molecular weight is 358 g/mol. The number of ketones is 1. The highest BCUT2D eigenvalue weighted by atomic mass is 16.4. The van der Waals surface area contributed by atoms with Crippen LogP contribution in [-0.2, 0) is 9.59 Å². The van der Waals surface area contributed by atoms with Gasteiger partial charge in [-0.1, -0.05) is 55.5 Å². The molecule has 0 aliphatic heterocycles. The third kappa shape index (κ3) is 9.33. The second-order valence-corrected chi connectivity index (χ2v) is 6.34. The summed E-state index contributed by atoms with van der Waals surface area (Å²) in [6.07, 6.45) is 21.0. The molecule has 1 rings (SSSR count). The molecule has 4 heteroatoms. The van der Waals surface area contributed by atoms with E-state index >= 15 is 0 Å². The van der Waals surface area contributed by atoms with Crippen LogP contribution in [0, 0.1) is 5.92 Å². The standard InChI is InChI=1S/C22H30O4/c1-2-3-4-5-6-9-12-19(23)15-16-20-18(14-17-21(20)24)11-8-7-10-13-22(25)26/h3-4,6-9,14,16-19,23H,2,5,10-13,15H2,1H3,(H,25,26)/b4-3-,8-7-,9-6-,20-16+/t18-,19-/m0/s1. The number of aliphatic hydroxyl groups is 1. The molecule has 1 aliphatic carbocycles. The molecule has 0 saturated heterocycles. The van der Waals surface area contributed by atoms with E-state index in [-0.39, 0.29) is 18.1 Å². The molecule has 142 valence electrons. The van der Waals surface area contributed by atoms with Crippen LogP contribution in [-0.4, -0.2) is 28.1 Å². The van der Waals surface area contributed by atoms with Crippen molar-refractivity contribution in [2.75, 3.05) is 0 Å². The molecule has 0 saturated carbocycles. The predicted octanol–water partition coefficient (Wildman–Crippen LogP) is 4.53. The van der Waals surface area contributed by atoms with E-state index in [1.807, 2.05) is 36.5 Å². The second-order valence-electron chi connectivity index (χ2n) is 6.34. The average Bonchev–Trinajstić information content (AvgIpc) is 2.95. The highest BCUT2D eigenvalue weighted by molar-refractivity contribution is 6.07. The molecular weight excluding hydrogens is 328 g/mol. The van der Waals surface area contributed by atoms with E-state index in [0.29, 0.717) is 25.7 Å². The number of aliphatic hydroxyl groups excluding tert-OH is 1. The summed E-state index contributed by atoms with van der Waals surface area (Å²) in [5.74, 6) is -0.789. The van der Waals surface area contributed by atoms with Crippen molar-refractivity contribution in [2.45, 2.75) is 58.0 Å². The lowest BCUT2D eigenvalue weighted by Crippen LogP contribution is -2.07. The van der Waals surface area contributed by atoms with Crippen LogP contribution in [0.3, 0.4) is 0 Å². The summed E-state index contributed by atoms with van der Waals surface area (Å²) in [5.41, 5.74) is 0.724. The summed E-state index contributed by atoms with van der Waals surface area (Å²) in [6.45, 7) is 2.09. The fourth-order valence-electron chi connectivity index (χ4n) is 2.66. The number of carbonyl (C=O) groups is 2. The Morgan fingerprint density at radius 3 is 2.65 bits per heavy atom. The van der Waals surface area contributed by atoms with E-state index in [0.717, 1.165) is 18.4 Å². The molecule has 1 aliphatic rings. The molecule has 26 heavy (non-hydrogen) atoms. The molecule has 0 aromatic rings. The molecule has 2 N–H and O–H groups in total. The van der Waals surface area contributed by atoms with Crippen molar-refractivity contribution >= 4 is 11.8 Å². The topological polar surface area (TPSA) is 74.6 Å². The Bertz CT molecular complexity index is 593. The highest BCUT2D eigenvalue weighted by Crippen LogP contribution is 2.26. The maximum atomic E-state index is 12.0. The molecule has 0 aromatic heterocycles. The Morgan fingerprint density at radius 2 is 1.92 bits per heavy atom. The minimum absolute atomic E-state index is 0.00128. The van der Waals surface area contributed by atoms with Crippen LogP contribution in [0.1, 0.15) is 51.9 Å². The van der Waals surface area contributed by atoms with Crippen molar-refractivity contribution in [1.29, 1.82) is 0 Å². The summed E-state index contributed by atoms with van der Waals surface area (Å²) in [7, 11) is 0. The van der Waals surface area contributed by atoms with Crippen molar-refractivity contribution in [3.63, 3.8) is 0 Å². The Kier molecular flexibility index (Phi) is 11.0. The summed E-state index contributed by atoms with van der Waals surface area (Å²) in [4.78, 5) is 22.4. The van der Waals surface area contributed by atoms with Crippen LogP contribution >= 0.6 is 0 Å². The number of carbonyl (C=O) groups excluding carboxylic acids is 1. The zero-order valence-corrected chi connectivity index (χ0v) is 15.5. The number of hydrogen-bond acceptors (Lipinski definition) is 3. The number of carboxylic acids is 1. The van der Waals surface area contributed by atoms with Crippen LogP contribution < -0.4 is 0 Å². The van der Waals surface area contributed by atoms with Crippen LogP contribution in [0.25, 0.3) is 0 Å². The molecule has 4 nitrogen and oxygen atoms in total. The van der Waals surface area contributed by atoms with Gasteiger partial charge in [0.1, 0.15) is 0 Å². The Hall–Kier alpha value is -2.20.